The molecule has 4 rings (SSSR count). The number of carboxylic acids is 1. The van der Waals surface area contributed by atoms with Crippen LogP contribution in [0.5, 0.6) is 0 Å². The molecule has 0 aromatic carbocycles. The molecule has 2 aliphatic carbocycles. The number of carbonyl (C=O) groups excluding carboxylic acids is 2. The van der Waals surface area contributed by atoms with Gasteiger partial charge in [0.25, 0.3) is 0 Å². The van der Waals surface area contributed by atoms with Crippen molar-refractivity contribution in [2.75, 3.05) is 31.1 Å². The summed E-state index contributed by atoms with van der Waals surface area (Å²) in [4.78, 5) is 45.4. The molecule has 0 radical (unpaired) electrons. The normalized spacial score (nSPS) is 34.6. The molecule has 8 nitrogen and oxygen atoms in total. The maximum absolute atomic E-state index is 12.5. The molecule has 2 saturated carbocycles. The number of fused-ring (bicyclic) bond motifs is 1. The lowest BCUT2D eigenvalue weighted by molar-refractivity contribution is -0.162. The standard InChI is InChI=1S/C19H24N4O4/c20-19-12-14(1-4-18(19,17(26)27)15(24)11-16(19)25)23-9-7-22(8-10-23)13-2-5-21-6-3-13/h2-3,5-6,14H,1,4,7-12,20H2,(H,26,27)/t14?,18-,19+/m1/s1. The number of nitrogens with zero attached hydrogens (tertiary/aromatic N) is 3. The lowest BCUT2D eigenvalue weighted by Gasteiger charge is -2.49. The highest BCUT2D eigenvalue weighted by molar-refractivity contribution is 6.23. The lowest BCUT2D eigenvalue weighted by atomic mass is 9.61. The van der Waals surface area contributed by atoms with Gasteiger partial charge in [-0.1, -0.05) is 0 Å². The van der Waals surface area contributed by atoms with E-state index in [1.807, 2.05) is 12.1 Å². The number of aliphatic carboxylic acids is 1. The van der Waals surface area contributed by atoms with Gasteiger partial charge in [-0.25, -0.2) is 0 Å². The van der Waals surface area contributed by atoms with Crippen molar-refractivity contribution in [3.8, 4) is 0 Å². The van der Waals surface area contributed by atoms with Gasteiger partial charge in [0.1, 0.15) is 5.54 Å². The Labute approximate surface area is 157 Å². The molecule has 2 heterocycles. The van der Waals surface area contributed by atoms with Gasteiger partial charge in [-0.3, -0.25) is 24.3 Å². The Kier molecular flexibility index (Phi) is 4.27. The Morgan fingerprint density at radius 2 is 1.81 bits per heavy atom. The Balaban J connectivity index is 1.48. The zero-order valence-electron chi connectivity index (χ0n) is 15.1. The minimum Gasteiger partial charge on any atom is -0.480 e. The minimum atomic E-state index is -1.74. The van der Waals surface area contributed by atoms with Gasteiger partial charge in [0.2, 0.25) is 0 Å². The number of rotatable bonds is 3. The fourth-order valence-corrected chi connectivity index (χ4v) is 5.08. The fraction of sp³-hybridized carbons (Fsp3) is 0.579. The molecule has 3 N–H and O–H groups in total. The predicted octanol–water partition coefficient (Wildman–Crippen LogP) is 0.0665. The first-order valence-corrected chi connectivity index (χ1v) is 9.36. The van der Waals surface area contributed by atoms with Crippen molar-refractivity contribution in [3.63, 3.8) is 0 Å². The van der Waals surface area contributed by atoms with E-state index in [2.05, 4.69) is 14.8 Å². The SMILES string of the molecule is N[C@]12CC(N3CCN(c4ccncc4)CC3)CC[C@]1(C(=O)O)C(=O)CC2=O. The highest BCUT2D eigenvalue weighted by Crippen LogP contribution is 2.51. The van der Waals surface area contributed by atoms with Crippen LogP contribution in [0, 0.1) is 5.41 Å². The van der Waals surface area contributed by atoms with E-state index < -0.39 is 28.5 Å². The van der Waals surface area contributed by atoms with Gasteiger partial charge in [-0.05, 0) is 31.4 Å². The minimum absolute atomic E-state index is 0.0249. The number of nitrogens with two attached hydrogens (primary N) is 1. The monoisotopic (exact) mass is 372 g/mol. The van der Waals surface area contributed by atoms with Crippen molar-refractivity contribution in [1.29, 1.82) is 0 Å². The molecule has 1 saturated heterocycles. The van der Waals surface area contributed by atoms with Crippen molar-refractivity contribution in [3.05, 3.63) is 24.5 Å². The van der Waals surface area contributed by atoms with Crippen molar-refractivity contribution >= 4 is 23.2 Å². The molecular formula is C19H24N4O4. The first-order chi connectivity index (χ1) is 12.9. The van der Waals surface area contributed by atoms with Gasteiger partial charge >= 0.3 is 5.97 Å². The first kappa shape index (κ1) is 18.1. The van der Waals surface area contributed by atoms with Crippen molar-refractivity contribution < 1.29 is 19.5 Å². The van der Waals surface area contributed by atoms with Crippen molar-refractivity contribution in [2.24, 2.45) is 11.1 Å². The molecule has 0 spiro atoms. The quantitative estimate of drug-likeness (QED) is 0.716. The smallest absolute Gasteiger partial charge is 0.319 e. The topological polar surface area (TPSA) is 117 Å². The molecule has 1 unspecified atom stereocenters. The molecule has 8 heteroatoms. The third-order valence-electron chi connectivity index (χ3n) is 6.69. The summed E-state index contributed by atoms with van der Waals surface area (Å²) >= 11 is 0. The number of piperazine rings is 1. The molecule has 3 atom stereocenters. The molecule has 0 amide bonds. The Bertz CT molecular complexity index is 777. The van der Waals surface area contributed by atoms with E-state index in [-0.39, 0.29) is 25.3 Å². The number of carboxylic acid groups (broad SMARTS) is 1. The maximum Gasteiger partial charge on any atom is 0.319 e. The number of pyridine rings is 1. The zero-order valence-corrected chi connectivity index (χ0v) is 15.1. The van der Waals surface area contributed by atoms with E-state index in [9.17, 15) is 19.5 Å². The summed E-state index contributed by atoms with van der Waals surface area (Å²) in [6.45, 7) is 3.31. The predicted molar refractivity (Wildman–Crippen MR) is 97.3 cm³/mol. The van der Waals surface area contributed by atoms with Crippen LogP contribution in [-0.4, -0.2) is 70.3 Å². The van der Waals surface area contributed by atoms with E-state index >= 15 is 0 Å². The summed E-state index contributed by atoms with van der Waals surface area (Å²) in [5.74, 6) is -2.19. The fourth-order valence-electron chi connectivity index (χ4n) is 5.08. The first-order valence-electron chi connectivity index (χ1n) is 9.36. The number of anilines is 1. The highest BCUT2D eigenvalue weighted by Gasteiger charge is 2.70. The summed E-state index contributed by atoms with van der Waals surface area (Å²) in [5.41, 5.74) is 4.17. The highest BCUT2D eigenvalue weighted by atomic mass is 16.4. The molecule has 1 aromatic heterocycles. The molecule has 1 aliphatic heterocycles. The third kappa shape index (κ3) is 2.58. The van der Waals surface area contributed by atoms with E-state index in [4.69, 9.17) is 5.73 Å². The maximum atomic E-state index is 12.5. The van der Waals surface area contributed by atoms with Crippen LogP contribution in [0.2, 0.25) is 0 Å². The Hall–Kier alpha value is -2.32. The molecule has 144 valence electrons. The van der Waals surface area contributed by atoms with Crippen LogP contribution in [0.25, 0.3) is 0 Å². The number of carbonyl (C=O) groups is 3. The summed E-state index contributed by atoms with van der Waals surface area (Å²) in [5, 5.41) is 9.73. The van der Waals surface area contributed by atoms with Gasteiger partial charge < -0.3 is 15.7 Å². The Morgan fingerprint density at radius 1 is 1.15 bits per heavy atom. The second-order valence-electron chi connectivity index (χ2n) is 7.83. The van der Waals surface area contributed by atoms with Gasteiger partial charge in [0, 0.05) is 50.3 Å². The largest absolute Gasteiger partial charge is 0.480 e. The third-order valence-corrected chi connectivity index (χ3v) is 6.69. The Morgan fingerprint density at radius 3 is 2.44 bits per heavy atom. The average molecular weight is 372 g/mol. The summed E-state index contributed by atoms with van der Waals surface area (Å²) in [6, 6.07) is 3.99. The number of hydrogen-bond donors (Lipinski definition) is 2. The number of Topliss-reactive ketones (excluding diaryl/α,β-unsaturated/α-hetero) is 2. The molecule has 3 aliphatic rings. The van der Waals surface area contributed by atoms with Gasteiger partial charge in [0.05, 0.1) is 6.42 Å². The van der Waals surface area contributed by atoms with Crippen LogP contribution < -0.4 is 10.6 Å². The van der Waals surface area contributed by atoms with Crippen LogP contribution in [-0.2, 0) is 14.4 Å². The van der Waals surface area contributed by atoms with Gasteiger partial charge in [0.15, 0.2) is 17.0 Å². The number of hydrogen-bond acceptors (Lipinski definition) is 7. The summed E-state index contributed by atoms with van der Waals surface area (Å²) < 4.78 is 0. The van der Waals surface area contributed by atoms with E-state index in [0.717, 1.165) is 31.9 Å². The number of ketones is 2. The molecular weight excluding hydrogens is 348 g/mol. The lowest BCUT2D eigenvalue weighted by Crippen LogP contribution is -2.67. The van der Waals surface area contributed by atoms with Gasteiger partial charge in [-0.2, -0.15) is 0 Å². The van der Waals surface area contributed by atoms with Gasteiger partial charge in [-0.15, -0.1) is 0 Å². The second-order valence-corrected chi connectivity index (χ2v) is 7.83. The van der Waals surface area contributed by atoms with Crippen molar-refractivity contribution in [2.45, 2.75) is 37.3 Å². The van der Waals surface area contributed by atoms with Crippen LogP contribution in [0.3, 0.4) is 0 Å². The number of aromatic nitrogens is 1. The summed E-state index contributed by atoms with van der Waals surface area (Å²) in [7, 11) is 0. The van der Waals surface area contributed by atoms with E-state index in [0.29, 0.717) is 6.42 Å². The molecule has 27 heavy (non-hydrogen) atoms. The van der Waals surface area contributed by atoms with Crippen LogP contribution in [0.4, 0.5) is 5.69 Å². The second kappa shape index (κ2) is 6.38. The van der Waals surface area contributed by atoms with Crippen molar-refractivity contribution in [1.82, 2.24) is 9.88 Å². The summed E-state index contributed by atoms with van der Waals surface area (Å²) in [6.07, 6.45) is 4.13. The zero-order chi connectivity index (χ0) is 19.2. The molecule has 0 bridgehead atoms. The van der Waals surface area contributed by atoms with Crippen LogP contribution in [0.1, 0.15) is 25.7 Å². The van der Waals surface area contributed by atoms with Crippen LogP contribution in [0.15, 0.2) is 24.5 Å². The van der Waals surface area contributed by atoms with E-state index in [1.165, 1.54) is 0 Å². The van der Waals surface area contributed by atoms with Crippen LogP contribution >= 0.6 is 0 Å². The van der Waals surface area contributed by atoms with E-state index in [1.54, 1.807) is 12.4 Å². The molecule has 3 fully saturated rings. The average Bonchev–Trinajstić information content (AvgIpc) is 2.88. The molecule has 1 aromatic rings.